The molecular weight excluding hydrogens is 565 g/mol. The smallest absolute Gasteiger partial charge is 0.298 e. The van der Waals surface area contributed by atoms with Gasteiger partial charge in [-0.3, -0.25) is 9.35 Å². The van der Waals surface area contributed by atoms with Gasteiger partial charge in [0, 0.05) is 5.39 Å². The molecule has 4 aromatic rings. The summed E-state index contributed by atoms with van der Waals surface area (Å²) < 4.78 is 39.2. The van der Waals surface area contributed by atoms with Gasteiger partial charge in [-0.25, -0.2) is 0 Å². The molecule has 0 atom stereocenters. The number of nitrogens with zero attached hydrogens (tertiary/aromatic N) is 2. The van der Waals surface area contributed by atoms with Gasteiger partial charge >= 0.3 is 0 Å². The Morgan fingerprint density at radius 3 is 2.46 bits per heavy atom. The average Bonchev–Trinajstić information content (AvgIpc) is 2.89. The van der Waals surface area contributed by atoms with E-state index in [1.165, 1.54) is 18.2 Å². The van der Waals surface area contributed by atoms with Crippen molar-refractivity contribution in [1.29, 1.82) is 0 Å². The molecule has 0 aliphatic carbocycles. The molecule has 0 heterocycles. The molecule has 0 fully saturated rings. The zero-order chi connectivity index (χ0) is 28.3. The van der Waals surface area contributed by atoms with E-state index in [4.69, 9.17) is 27.9 Å². The van der Waals surface area contributed by atoms with Crippen LogP contribution in [0.5, 0.6) is 11.5 Å². The fourth-order valence-corrected chi connectivity index (χ4v) is 5.35. The molecule has 4 aromatic carbocycles. The van der Waals surface area contributed by atoms with Crippen molar-refractivity contribution in [2.75, 3.05) is 11.9 Å². The summed E-state index contributed by atoms with van der Waals surface area (Å²) in [6, 6.07) is 16.0. The van der Waals surface area contributed by atoms with E-state index in [0.717, 1.165) is 0 Å². The van der Waals surface area contributed by atoms with Crippen LogP contribution in [0.15, 0.2) is 75.8 Å². The van der Waals surface area contributed by atoms with E-state index in [2.05, 4.69) is 15.5 Å². The molecule has 0 saturated heterocycles. The third-order valence-electron chi connectivity index (χ3n) is 5.76. The minimum absolute atomic E-state index is 0.0910. The van der Waals surface area contributed by atoms with E-state index in [1.807, 2.05) is 6.92 Å². The quantitative estimate of drug-likeness (QED) is 0.142. The predicted molar refractivity (Wildman–Crippen MR) is 151 cm³/mol. The van der Waals surface area contributed by atoms with Gasteiger partial charge in [0.15, 0.2) is 5.75 Å². The Hall–Kier alpha value is -3.70. The number of amides is 1. The molecule has 0 aliphatic heterocycles. The average molecular weight is 588 g/mol. The number of nitrogens with one attached hydrogen (secondary N) is 1. The highest BCUT2D eigenvalue weighted by atomic mass is 35.5. The number of benzene rings is 4. The number of aromatic hydroxyl groups is 1. The van der Waals surface area contributed by atoms with E-state index < -0.39 is 26.7 Å². The topological polar surface area (TPSA) is 138 Å². The number of halogens is 2. The standard InChI is InChI=1S/C27H23Cl2N3O6S/c1-3-15-12-19(28)26(39(35,36)37)21(13-15)31-32-24-17-9-6-5-8-16(17)14-18(25(24)33)27(34)30-20-10-7-11-22(23(20)29)38-4-2/h5-14,33H,3-4H2,1-2H3,(H,30,34)(H,35,36,37). The first-order valence-corrected chi connectivity index (χ1v) is 13.9. The van der Waals surface area contributed by atoms with E-state index >= 15 is 0 Å². The number of carbonyl (C=O) groups excluding carboxylic acids is 1. The molecular formula is C27H23Cl2N3O6S. The number of phenols is 1. The van der Waals surface area contributed by atoms with Gasteiger partial charge in [0.25, 0.3) is 16.0 Å². The molecule has 4 rings (SSSR count). The summed E-state index contributed by atoms with van der Waals surface area (Å²) >= 11 is 12.5. The third-order valence-corrected chi connectivity index (χ3v) is 7.50. The van der Waals surface area contributed by atoms with Crippen molar-refractivity contribution in [3.05, 3.63) is 81.8 Å². The zero-order valence-electron chi connectivity index (χ0n) is 20.8. The van der Waals surface area contributed by atoms with Crippen LogP contribution in [0.4, 0.5) is 17.1 Å². The fourth-order valence-electron chi connectivity index (χ4n) is 3.93. The van der Waals surface area contributed by atoms with Crippen molar-refractivity contribution in [2.45, 2.75) is 25.2 Å². The third kappa shape index (κ3) is 5.99. The van der Waals surface area contributed by atoms with Crippen molar-refractivity contribution < 1.29 is 27.6 Å². The number of phenolic OH excluding ortho intramolecular Hbond substituents is 1. The summed E-state index contributed by atoms with van der Waals surface area (Å²) in [7, 11) is -4.75. The van der Waals surface area contributed by atoms with Crippen molar-refractivity contribution >= 4 is 67.1 Å². The molecule has 0 radical (unpaired) electrons. The van der Waals surface area contributed by atoms with Crippen LogP contribution >= 0.6 is 23.2 Å². The van der Waals surface area contributed by atoms with Crippen LogP contribution in [0.25, 0.3) is 10.8 Å². The predicted octanol–water partition coefficient (Wildman–Crippen LogP) is 7.73. The molecule has 9 nitrogen and oxygen atoms in total. The van der Waals surface area contributed by atoms with Crippen LogP contribution < -0.4 is 10.1 Å². The number of carbonyl (C=O) groups is 1. The lowest BCUT2D eigenvalue weighted by Gasteiger charge is -2.13. The van der Waals surface area contributed by atoms with Crippen LogP contribution in [0, 0.1) is 0 Å². The lowest BCUT2D eigenvalue weighted by molar-refractivity contribution is 0.102. The fraction of sp³-hybridized carbons (Fsp3) is 0.148. The molecule has 0 spiro atoms. The Balaban J connectivity index is 1.84. The maximum absolute atomic E-state index is 13.3. The Labute approximate surface area is 234 Å². The second-order valence-corrected chi connectivity index (χ2v) is 10.4. The summed E-state index contributed by atoms with van der Waals surface area (Å²) in [6.45, 7) is 4.01. The number of hydrogen-bond acceptors (Lipinski definition) is 7. The van der Waals surface area contributed by atoms with Crippen molar-refractivity contribution in [2.24, 2.45) is 10.2 Å². The van der Waals surface area contributed by atoms with Crippen LogP contribution in [-0.4, -0.2) is 30.6 Å². The Morgan fingerprint density at radius 2 is 1.77 bits per heavy atom. The normalized spacial score (nSPS) is 11.7. The van der Waals surface area contributed by atoms with Gasteiger partial charge in [0.05, 0.1) is 22.9 Å². The Morgan fingerprint density at radius 1 is 1.03 bits per heavy atom. The number of aryl methyl sites for hydroxylation is 1. The summed E-state index contributed by atoms with van der Waals surface area (Å²) in [4.78, 5) is 12.6. The van der Waals surface area contributed by atoms with Gasteiger partial charge in [0.2, 0.25) is 0 Å². The monoisotopic (exact) mass is 587 g/mol. The Bertz CT molecular complexity index is 1720. The number of rotatable bonds is 8. The molecule has 0 aliphatic rings. The van der Waals surface area contributed by atoms with E-state index in [0.29, 0.717) is 35.1 Å². The molecule has 39 heavy (non-hydrogen) atoms. The van der Waals surface area contributed by atoms with Gasteiger partial charge in [-0.05, 0) is 54.6 Å². The number of anilines is 1. The first kappa shape index (κ1) is 28.3. The molecule has 3 N–H and O–H groups in total. The summed E-state index contributed by atoms with van der Waals surface area (Å²) in [6.07, 6.45) is 0.505. The second kappa shape index (κ2) is 11.6. The molecule has 0 aromatic heterocycles. The minimum Gasteiger partial charge on any atom is -0.505 e. The minimum atomic E-state index is -4.75. The SMILES string of the molecule is CCOc1cccc(NC(=O)c2cc3ccccc3c(N=Nc3cc(CC)cc(Cl)c3S(=O)(=O)O)c2O)c1Cl. The van der Waals surface area contributed by atoms with Gasteiger partial charge < -0.3 is 15.2 Å². The highest BCUT2D eigenvalue weighted by molar-refractivity contribution is 7.86. The summed E-state index contributed by atoms with van der Waals surface area (Å²) in [5.41, 5.74) is 0.476. The van der Waals surface area contributed by atoms with Crippen LogP contribution in [0.1, 0.15) is 29.8 Å². The molecule has 0 unspecified atom stereocenters. The van der Waals surface area contributed by atoms with E-state index in [9.17, 15) is 22.9 Å². The largest absolute Gasteiger partial charge is 0.505 e. The molecule has 12 heteroatoms. The van der Waals surface area contributed by atoms with Crippen LogP contribution in [0.2, 0.25) is 10.0 Å². The molecule has 0 bridgehead atoms. The van der Waals surface area contributed by atoms with Crippen molar-refractivity contribution in [3.63, 3.8) is 0 Å². The van der Waals surface area contributed by atoms with Gasteiger partial charge in [-0.1, -0.05) is 60.5 Å². The van der Waals surface area contributed by atoms with Gasteiger partial charge in [-0.2, -0.15) is 8.42 Å². The first-order chi connectivity index (χ1) is 18.5. The number of ether oxygens (including phenoxy) is 1. The zero-order valence-corrected chi connectivity index (χ0v) is 23.1. The van der Waals surface area contributed by atoms with Gasteiger partial charge in [0.1, 0.15) is 27.0 Å². The molecule has 1 amide bonds. The number of hydrogen-bond donors (Lipinski definition) is 3. The highest BCUT2D eigenvalue weighted by Gasteiger charge is 2.23. The lowest BCUT2D eigenvalue weighted by Crippen LogP contribution is -2.13. The first-order valence-electron chi connectivity index (χ1n) is 11.7. The van der Waals surface area contributed by atoms with Crippen LogP contribution in [-0.2, 0) is 16.5 Å². The van der Waals surface area contributed by atoms with Crippen LogP contribution in [0.3, 0.4) is 0 Å². The van der Waals surface area contributed by atoms with Gasteiger partial charge in [-0.15, -0.1) is 10.2 Å². The number of azo groups is 1. The van der Waals surface area contributed by atoms with E-state index in [-0.39, 0.29) is 32.7 Å². The maximum atomic E-state index is 13.3. The Kier molecular flexibility index (Phi) is 8.41. The summed E-state index contributed by atoms with van der Waals surface area (Å²) in [5, 5.41) is 22.9. The maximum Gasteiger partial charge on any atom is 0.298 e. The second-order valence-electron chi connectivity index (χ2n) is 8.30. The molecule has 202 valence electrons. The highest BCUT2D eigenvalue weighted by Crippen LogP contribution is 2.41. The van der Waals surface area contributed by atoms with Crippen molar-refractivity contribution in [1.82, 2.24) is 0 Å². The van der Waals surface area contributed by atoms with E-state index in [1.54, 1.807) is 49.4 Å². The van der Waals surface area contributed by atoms with Crippen molar-refractivity contribution in [3.8, 4) is 11.5 Å². The number of fused-ring (bicyclic) bond motifs is 1. The summed E-state index contributed by atoms with van der Waals surface area (Å²) in [5.74, 6) is -0.796. The molecule has 0 saturated carbocycles. The lowest BCUT2D eigenvalue weighted by atomic mass is 10.0.